The molecule has 142 valence electrons. The van der Waals surface area contributed by atoms with Crippen molar-refractivity contribution in [2.45, 2.75) is 30.6 Å². The third-order valence-corrected chi connectivity index (χ3v) is 6.15. The molecule has 3 rings (SSSR count). The van der Waals surface area contributed by atoms with Crippen LogP contribution in [0.2, 0.25) is 0 Å². The van der Waals surface area contributed by atoms with Crippen LogP contribution in [0.4, 0.5) is 10.5 Å². The molecule has 0 aromatic heterocycles. The number of hydrogen-bond donors (Lipinski definition) is 1. The number of likely N-dealkylation sites (tertiary alicyclic amines) is 2. The molecule has 2 saturated heterocycles. The number of piperidine rings is 1. The van der Waals surface area contributed by atoms with Gasteiger partial charge in [-0.25, -0.2) is 13.2 Å². The van der Waals surface area contributed by atoms with Gasteiger partial charge in [0, 0.05) is 44.0 Å². The minimum Gasteiger partial charge on any atom is -0.326 e. The van der Waals surface area contributed by atoms with Gasteiger partial charge < -0.3 is 15.1 Å². The van der Waals surface area contributed by atoms with E-state index in [1.165, 1.54) is 12.1 Å². The summed E-state index contributed by atoms with van der Waals surface area (Å²) >= 11 is 0. The second kappa shape index (κ2) is 7.65. The lowest BCUT2D eigenvalue weighted by molar-refractivity contribution is -0.121. The monoisotopic (exact) mass is 379 g/mol. The Morgan fingerprint density at radius 1 is 1.04 bits per heavy atom. The second-order valence-electron chi connectivity index (χ2n) is 7.03. The Kier molecular flexibility index (Phi) is 5.50. The van der Waals surface area contributed by atoms with Crippen molar-refractivity contribution in [3.05, 3.63) is 24.3 Å². The first-order chi connectivity index (χ1) is 12.3. The minimum absolute atomic E-state index is 0.0854. The van der Waals surface area contributed by atoms with E-state index in [9.17, 15) is 18.0 Å². The van der Waals surface area contributed by atoms with Crippen LogP contribution in [0.15, 0.2) is 29.2 Å². The SMILES string of the molecule is CS(=O)(=O)c1cccc(NC(=O)C2CCN(C(=O)N3CCCC3)CC2)c1. The van der Waals surface area contributed by atoms with Gasteiger partial charge in [0.2, 0.25) is 5.91 Å². The highest BCUT2D eigenvalue weighted by molar-refractivity contribution is 7.90. The highest BCUT2D eigenvalue weighted by atomic mass is 32.2. The number of amides is 3. The molecule has 1 N–H and O–H groups in total. The summed E-state index contributed by atoms with van der Waals surface area (Å²) in [5, 5.41) is 2.81. The maximum atomic E-state index is 12.5. The summed E-state index contributed by atoms with van der Waals surface area (Å²) in [5.41, 5.74) is 0.480. The quantitative estimate of drug-likeness (QED) is 0.870. The summed E-state index contributed by atoms with van der Waals surface area (Å²) < 4.78 is 23.3. The zero-order chi connectivity index (χ0) is 18.7. The zero-order valence-electron chi connectivity index (χ0n) is 15.0. The molecule has 0 aliphatic carbocycles. The molecule has 3 amide bonds. The van der Waals surface area contributed by atoms with Crippen molar-refractivity contribution in [2.24, 2.45) is 5.92 Å². The second-order valence-corrected chi connectivity index (χ2v) is 9.04. The minimum atomic E-state index is -3.31. The summed E-state index contributed by atoms with van der Waals surface area (Å²) in [6.45, 7) is 2.82. The fourth-order valence-corrected chi connectivity index (χ4v) is 4.16. The van der Waals surface area contributed by atoms with Crippen molar-refractivity contribution in [1.29, 1.82) is 0 Å². The van der Waals surface area contributed by atoms with Crippen molar-refractivity contribution >= 4 is 27.5 Å². The summed E-state index contributed by atoms with van der Waals surface area (Å²) in [4.78, 5) is 28.8. The molecule has 1 aromatic rings. The molecule has 1 aromatic carbocycles. The van der Waals surface area contributed by atoms with Gasteiger partial charge in [-0.2, -0.15) is 0 Å². The Hall–Kier alpha value is -2.09. The van der Waals surface area contributed by atoms with Gasteiger partial charge >= 0.3 is 6.03 Å². The average Bonchev–Trinajstić information content (AvgIpc) is 3.15. The fourth-order valence-electron chi connectivity index (χ4n) is 3.49. The molecular formula is C18H25N3O4S. The largest absolute Gasteiger partial charge is 0.326 e. The number of rotatable bonds is 3. The van der Waals surface area contributed by atoms with E-state index in [1.54, 1.807) is 12.1 Å². The lowest BCUT2D eigenvalue weighted by Gasteiger charge is -2.34. The summed E-state index contributed by atoms with van der Waals surface area (Å²) in [7, 11) is -3.31. The first-order valence-corrected chi connectivity index (χ1v) is 10.9. The van der Waals surface area contributed by atoms with Crippen LogP contribution in [-0.2, 0) is 14.6 Å². The maximum Gasteiger partial charge on any atom is 0.319 e. The molecule has 26 heavy (non-hydrogen) atoms. The summed E-state index contributed by atoms with van der Waals surface area (Å²) in [6, 6.07) is 6.36. The molecule has 2 aliphatic heterocycles. The van der Waals surface area contributed by atoms with Crippen LogP contribution >= 0.6 is 0 Å². The van der Waals surface area contributed by atoms with Gasteiger partial charge in [-0.3, -0.25) is 4.79 Å². The van der Waals surface area contributed by atoms with Gasteiger partial charge in [-0.15, -0.1) is 0 Å². The molecule has 0 atom stereocenters. The van der Waals surface area contributed by atoms with Crippen LogP contribution in [0.3, 0.4) is 0 Å². The number of sulfone groups is 1. The summed E-state index contributed by atoms with van der Waals surface area (Å²) in [5.74, 6) is -0.288. The Bertz CT molecular complexity index is 779. The lowest BCUT2D eigenvalue weighted by atomic mass is 9.96. The molecule has 0 spiro atoms. The van der Waals surface area contributed by atoms with Gasteiger partial charge in [0.25, 0.3) is 0 Å². The highest BCUT2D eigenvalue weighted by Gasteiger charge is 2.30. The van der Waals surface area contributed by atoms with Crippen LogP contribution in [0, 0.1) is 5.92 Å². The Morgan fingerprint density at radius 2 is 1.65 bits per heavy atom. The van der Waals surface area contributed by atoms with Crippen molar-refractivity contribution in [3.8, 4) is 0 Å². The van der Waals surface area contributed by atoms with E-state index in [2.05, 4.69) is 5.32 Å². The van der Waals surface area contributed by atoms with E-state index >= 15 is 0 Å². The van der Waals surface area contributed by atoms with E-state index in [0.717, 1.165) is 32.2 Å². The van der Waals surface area contributed by atoms with Crippen LogP contribution < -0.4 is 5.32 Å². The van der Waals surface area contributed by atoms with E-state index < -0.39 is 9.84 Å². The van der Waals surface area contributed by atoms with Crippen LogP contribution in [0.25, 0.3) is 0 Å². The van der Waals surface area contributed by atoms with Gasteiger partial charge in [0.1, 0.15) is 0 Å². The molecule has 8 heteroatoms. The maximum absolute atomic E-state index is 12.5. The van der Waals surface area contributed by atoms with Crippen LogP contribution in [-0.4, -0.2) is 62.6 Å². The topological polar surface area (TPSA) is 86.8 Å². The third kappa shape index (κ3) is 4.35. The van der Waals surface area contributed by atoms with Crippen molar-refractivity contribution in [3.63, 3.8) is 0 Å². The van der Waals surface area contributed by atoms with E-state index in [1.807, 2.05) is 9.80 Å². The van der Waals surface area contributed by atoms with Gasteiger partial charge in [0.05, 0.1) is 4.90 Å². The fraction of sp³-hybridized carbons (Fsp3) is 0.556. The predicted octanol–water partition coefficient (Wildman–Crippen LogP) is 1.96. The summed E-state index contributed by atoms with van der Waals surface area (Å²) in [6.07, 6.45) is 4.52. The van der Waals surface area contributed by atoms with Crippen LogP contribution in [0.5, 0.6) is 0 Å². The number of anilines is 1. The van der Waals surface area contributed by atoms with E-state index in [4.69, 9.17) is 0 Å². The molecule has 7 nitrogen and oxygen atoms in total. The van der Waals surface area contributed by atoms with E-state index in [0.29, 0.717) is 31.6 Å². The number of nitrogens with zero attached hydrogens (tertiary/aromatic N) is 2. The number of nitrogens with one attached hydrogen (secondary N) is 1. The molecule has 2 fully saturated rings. The molecule has 2 aliphatic rings. The van der Waals surface area contributed by atoms with Gasteiger partial charge in [-0.05, 0) is 43.9 Å². The number of carbonyl (C=O) groups excluding carboxylic acids is 2. The molecule has 0 bridgehead atoms. The van der Waals surface area contributed by atoms with Crippen molar-refractivity contribution in [1.82, 2.24) is 9.80 Å². The van der Waals surface area contributed by atoms with E-state index in [-0.39, 0.29) is 22.8 Å². The number of carbonyl (C=O) groups is 2. The molecule has 2 heterocycles. The van der Waals surface area contributed by atoms with Crippen molar-refractivity contribution < 1.29 is 18.0 Å². The number of benzene rings is 1. The first-order valence-electron chi connectivity index (χ1n) is 8.99. The predicted molar refractivity (Wildman–Crippen MR) is 98.7 cm³/mol. The molecular weight excluding hydrogens is 354 g/mol. The first kappa shape index (κ1) is 18.7. The van der Waals surface area contributed by atoms with Gasteiger partial charge in [-0.1, -0.05) is 6.07 Å². The number of urea groups is 1. The molecule has 0 unspecified atom stereocenters. The smallest absolute Gasteiger partial charge is 0.319 e. The zero-order valence-corrected chi connectivity index (χ0v) is 15.8. The van der Waals surface area contributed by atoms with Crippen molar-refractivity contribution in [2.75, 3.05) is 37.8 Å². The Labute approximate surface area is 154 Å². The Balaban J connectivity index is 1.55. The van der Waals surface area contributed by atoms with Gasteiger partial charge in [0.15, 0.2) is 9.84 Å². The third-order valence-electron chi connectivity index (χ3n) is 5.04. The number of hydrogen-bond acceptors (Lipinski definition) is 4. The standard InChI is InChI=1S/C18H25N3O4S/c1-26(24,25)16-6-4-5-15(13-16)19-17(22)14-7-11-21(12-8-14)18(23)20-9-2-3-10-20/h4-6,13-14H,2-3,7-12H2,1H3,(H,19,22). The average molecular weight is 379 g/mol. The highest BCUT2D eigenvalue weighted by Crippen LogP contribution is 2.22. The Morgan fingerprint density at radius 3 is 2.27 bits per heavy atom. The van der Waals surface area contributed by atoms with Crippen LogP contribution in [0.1, 0.15) is 25.7 Å². The lowest BCUT2D eigenvalue weighted by Crippen LogP contribution is -2.47. The molecule has 0 saturated carbocycles. The normalized spacial score (nSPS) is 18.8. The molecule has 0 radical (unpaired) electrons.